The van der Waals surface area contributed by atoms with Crippen LogP contribution in [0.15, 0.2) is 54.6 Å². The van der Waals surface area contributed by atoms with E-state index in [2.05, 4.69) is 10.3 Å². The molecule has 6 nitrogen and oxygen atoms in total. The molecule has 3 rings (SSSR count). The number of esters is 1. The van der Waals surface area contributed by atoms with Gasteiger partial charge in [0.05, 0.1) is 11.1 Å². The topological polar surface area (TPSA) is 85.4 Å². The summed E-state index contributed by atoms with van der Waals surface area (Å²) in [7, 11) is 0. The molecule has 0 aliphatic rings. The summed E-state index contributed by atoms with van der Waals surface area (Å²) in [6.07, 6.45) is 1.20. The predicted octanol–water partition coefficient (Wildman–Crippen LogP) is 4.67. The smallest absolute Gasteiger partial charge is 0.338 e. The van der Waals surface area contributed by atoms with Gasteiger partial charge in [-0.2, -0.15) is 0 Å². The van der Waals surface area contributed by atoms with Gasteiger partial charge in [0.25, 0.3) is 0 Å². The monoisotopic (exact) mass is 410 g/mol. The summed E-state index contributed by atoms with van der Waals surface area (Å²) in [5.74, 6) is -1.01. The molecule has 0 unspecified atom stereocenters. The van der Waals surface area contributed by atoms with Crippen LogP contribution < -0.4 is 5.32 Å². The molecular formula is C22H19ClN2O4. The molecule has 0 aliphatic heterocycles. The van der Waals surface area contributed by atoms with E-state index in [1.165, 1.54) is 0 Å². The summed E-state index contributed by atoms with van der Waals surface area (Å²) in [6.45, 7) is 1.55. The quantitative estimate of drug-likeness (QED) is 0.347. The van der Waals surface area contributed by atoms with Gasteiger partial charge < -0.3 is 10.1 Å². The Kier molecular flexibility index (Phi) is 6.57. The third-order valence-corrected chi connectivity index (χ3v) is 4.40. The van der Waals surface area contributed by atoms with Gasteiger partial charge in [-0.3, -0.25) is 9.59 Å². The molecule has 0 saturated carbocycles. The van der Waals surface area contributed by atoms with E-state index < -0.39 is 5.97 Å². The zero-order valence-corrected chi connectivity index (χ0v) is 16.5. The minimum atomic E-state index is -0.598. The summed E-state index contributed by atoms with van der Waals surface area (Å²) in [4.78, 5) is 40.3. The molecule has 1 amide bonds. The number of hydrogen-bond donors (Lipinski definition) is 1. The number of fused-ring (bicyclic) bond motifs is 1. The first-order valence-corrected chi connectivity index (χ1v) is 9.50. The first-order valence-electron chi connectivity index (χ1n) is 9.13. The van der Waals surface area contributed by atoms with E-state index in [9.17, 15) is 14.4 Å². The Labute approximate surface area is 172 Å². The largest absolute Gasteiger partial charge is 0.454 e. The van der Waals surface area contributed by atoms with E-state index in [4.69, 9.17) is 16.3 Å². The maximum absolute atomic E-state index is 12.3. The van der Waals surface area contributed by atoms with Gasteiger partial charge in [-0.1, -0.05) is 18.5 Å². The minimum Gasteiger partial charge on any atom is -0.454 e. The second-order valence-corrected chi connectivity index (χ2v) is 6.80. The number of carbonyl (C=O) groups is 3. The van der Waals surface area contributed by atoms with Crippen LogP contribution >= 0.6 is 11.6 Å². The van der Waals surface area contributed by atoms with Crippen LogP contribution in [0.25, 0.3) is 10.9 Å². The van der Waals surface area contributed by atoms with Gasteiger partial charge in [-0.05, 0) is 61.0 Å². The van der Waals surface area contributed by atoms with Crippen molar-refractivity contribution < 1.29 is 19.1 Å². The SMILES string of the molecule is CCCC(=O)Nc1ccc(C(=O)COC(=O)c2ccc3nc(Cl)ccc3c2)cc1. The number of aromatic nitrogens is 1. The molecule has 3 aromatic rings. The second kappa shape index (κ2) is 9.30. The molecule has 1 aromatic heterocycles. The van der Waals surface area contributed by atoms with Gasteiger partial charge in [0.1, 0.15) is 5.15 Å². The standard InChI is InChI=1S/C22H19ClN2O4/c1-2-3-21(27)24-17-8-4-14(5-9-17)19(26)13-29-22(28)16-6-10-18-15(12-16)7-11-20(23)25-18/h4-12H,2-3,13H2,1H3,(H,24,27). The molecule has 29 heavy (non-hydrogen) atoms. The van der Waals surface area contributed by atoms with Crippen molar-refractivity contribution in [1.82, 2.24) is 4.98 Å². The lowest BCUT2D eigenvalue weighted by molar-refractivity contribution is -0.116. The highest BCUT2D eigenvalue weighted by Gasteiger charge is 2.13. The molecule has 1 N–H and O–H groups in total. The maximum atomic E-state index is 12.3. The van der Waals surface area contributed by atoms with Gasteiger partial charge in [0.15, 0.2) is 12.4 Å². The maximum Gasteiger partial charge on any atom is 0.338 e. The van der Waals surface area contributed by atoms with E-state index in [1.807, 2.05) is 6.92 Å². The van der Waals surface area contributed by atoms with Crippen molar-refractivity contribution >= 4 is 45.9 Å². The third kappa shape index (κ3) is 5.39. The zero-order chi connectivity index (χ0) is 20.8. The minimum absolute atomic E-state index is 0.0756. The highest BCUT2D eigenvalue weighted by Crippen LogP contribution is 2.18. The van der Waals surface area contributed by atoms with E-state index >= 15 is 0 Å². The highest BCUT2D eigenvalue weighted by atomic mass is 35.5. The Morgan fingerprint density at radius 2 is 1.72 bits per heavy atom. The van der Waals surface area contributed by atoms with Crippen molar-refractivity contribution in [3.05, 3.63) is 70.9 Å². The van der Waals surface area contributed by atoms with Crippen molar-refractivity contribution in [1.29, 1.82) is 0 Å². The summed E-state index contributed by atoms with van der Waals surface area (Å²) in [5, 5.41) is 3.87. The third-order valence-electron chi connectivity index (χ3n) is 4.19. The van der Waals surface area contributed by atoms with Crippen LogP contribution in [0.3, 0.4) is 0 Å². The van der Waals surface area contributed by atoms with Crippen molar-refractivity contribution in [2.45, 2.75) is 19.8 Å². The fourth-order valence-corrected chi connectivity index (χ4v) is 2.87. The van der Waals surface area contributed by atoms with Crippen molar-refractivity contribution in [3.63, 3.8) is 0 Å². The average molecular weight is 411 g/mol. The molecule has 1 heterocycles. The van der Waals surface area contributed by atoms with Gasteiger partial charge in [0, 0.05) is 23.1 Å². The molecule has 0 fully saturated rings. The number of nitrogens with zero attached hydrogens (tertiary/aromatic N) is 1. The fourth-order valence-electron chi connectivity index (χ4n) is 2.72. The van der Waals surface area contributed by atoms with E-state index in [-0.39, 0.29) is 18.3 Å². The molecule has 0 radical (unpaired) electrons. The number of benzene rings is 2. The number of ether oxygens (including phenoxy) is 1. The van der Waals surface area contributed by atoms with Crippen LogP contribution in [-0.2, 0) is 9.53 Å². The Morgan fingerprint density at radius 1 is 1.00 bits per heavy atom. The summed E-state index contributed by atoms with van der Waals surface area (Å²) in [6, 6.07) is 14.7. The number of halogens is 1. The number of Topliss-reactive ketones (excluding diaryl/α,β-unsaturated/α-hetero) is 1. The first kappa shape index (κ1) is 20.5. The Balaban J connectivity index is 1.59. The van der Waals surface area contributed by atoms with Crippen LogP contribution in [0.2, 0.25) is 5.15 Å². The average Bonchev–Trinajstić information content (AvgIpc) is 2.72. The lowest BCUT2D eigenvalue weighted by Gasteiger charge is -2.07. The lowest BCUT2D eigenvalue weighted by atomic mass is 10.1. The van der Waals surface area contributed by atoms with Crippen LogP contribution in [-0.4, -0.2) is 29.3 Å². The molecule has 0 aliphatic carbocycles. The van der Waals surface area contributed by atoms with Gasteiger partial charge in [-0.25, -0.2) is 9.78 Å². The molecule has 2 aromatic carbocycles. The summed E-state index contributed by atoms with van der Waals surface area (Å²) in [5.41, 5.74) is 1.99. The summed E-state index contributed by atoms with van der Waals surface area (Å²) >= 11 is 5.85. The van der Waals surface area contributed by atoms with Crippen molar-refractivity contribution in [3.8, 4) is 0 Å². The van der Waals surface area contributed by atoms with E-state index in [0.29, 0.717) is 33.9 Å². The molecule has 0 spiro atoms. The number of hydrogen-bond acceptors (Lipinski definition) is 5. The van der Waals surface area contributed by atoms with E-state index in [0.717, 1.165) is 11.8 Å². The van der Waals surface area contributed by atoms with Crippen LogP contribution in [0.4, 0.5) is 5.69 Å². The van der Waals surface area contributed by atoms with Gasteiger partial charge in [-0.15, -0.1) is 0 Å². The molecule has 0 saturated heterocycles. The normalized spacial score (nSPS) is 10.6. The number of pyridine rings is 1. The number of anilines is 1. The van der Waals surface area contributed by atoms with Crippen molar-refractivity contribution in [2.24, 2.45) is 0 Å². The number of amides is 1. The van der Waals surface area contributed by atoms with E-state index in [1.54, 1.807) is 54.6 Å². The molecule has 148 valence electrons. The van der Waals surface area contributed by atoms with Crippen molar-refractivity contribution in [2.75, 3.05) is 11.9 Å². The number of nitrogens with one attached hydrogen (secondary N) is 1. The van der Waals surface area contributed by atoms with Gasteiger partial charge in [0.2, 0.25) is 5.91 Å². The second-order valence-electron chi connectivity index (χ2n) is 6.42. The molecule has 0 atom stereocenters. The highest BCUT2D eigenvalue weighted by molar-refractivity contribution is 6.29. The molecule has 7 heteroatoms. The number of rotatable bonds is 7. The van der Waals surface area contributed by atoms with Crippen LogP contribution in [0, 0.1) is 0 Å². The van der Waals surface area contributed by atoms with Crippen LogP contribution in [0.1, 0.15) is 40.5 Å². The Hall–Kier alpha value is -3.25. The number of ketones is 1. The van der Waals surface area contributed by atoms with Crippen LogP contribution in [0.5, 0.6) is 0 Å². The zero-order valence-electron chi connectivity index (χ0n) is 15.8. The molecule has 0 bridgehead atoms. The Morgan fingerprint density at radius 3 is 2.45 bits per heavy atom. The first-order chi connectivity index (χ1) is 14.0. The van der Waals surface area contributed by atoms with Gasteiger partial charge >= 0.3 is 5.97 Å². The Bertz CT molecular complexity index is 1060. The predicted molar refractivity (Wildman–Crippen MR) is 111 cm³/mol. The lowest BCUT2D eigenvalue weighted by Crippen LogP contribution is -2.14. The summed E-state index contributed by atoms with van der Waals surface area (Å²) < 4.78 is 5.14. The number of carbonyl (C=O) groups excluding carboxylic acids is 3. The fraction of sp³-hybridized carbons (Fsp3) is 0.182. The molecular weight excluding hydrogens is 392 g/mol.